The molecule has 1 aliphatic rings. The van der Waals surface area contributed by atoms with Gasteiger partial charge in [0.2, 0.25) is 0 Å². The van der Waals surface area contributed by atoms with Crippen LogP contribution in [0.25, 0.3) is 0 Å². The van der Waals surface area contributed by atoms with Crippen molar-refractivity contribution >= 4 is 5.78 Å². The van der Waals surface area contributed by atoms with Crippen LogP contribution in [0.4, 0.5) is 0 Å². The number of fused-ring (bicyclic) bond motifs is 1. The molecule has 1 aliphatic heterocycles. The Balaban J connectivity index is 2.20. The second-order valence-corrected chi connectivity index (χ2v) is 4.36. The van der Waals surface area contributed by atoms with Crippen LogP contribution in [-0.2, 0) is 0 Å². The van der Waals surface area contributed by atoms with E-state index in [1.54, 1.807) is 30.5 Å². The van der Waals surface area contributed by atoms with Gasteiger partial charge in [-0.3, -0.25) is 4.79 Å². The zero-order chi connectivity index (χ0) is 13.0. The molecule has 0 saturated heterocycles. The van der Waals surface area contributed by atoms with E-state index in [2.05, 4.69) is 0 Å². The van der Waals surface area contributed by atoms with E-state index in [-0.39, 0.29) is 5.78 Å². The predicted octanol–water partition coefficient (Wildman–Crippen LogP) is 2.11. The van der Waals surface area contributed by atoms with E-state index in [0.717, 1.165) is 6.42 Å². The fourth-order valence-corrected chi connectivity index (χ4v) is 1.63. The number of rotatable bonds is 3. The van der Waals surface area contributed by atoms with Crippen LogP contribution in [0.2, 0.25) is 0 Å². The monoisotopic (exact) mass is 247 g/mol. The molecule has 0 fully saturated rings. The molecule has 0 aliphatic carbocycles. The summed E-state index contributed by atoms with van der Waals surface area (Å²) in [6, 6.07) is 5.29. The second-order valence-electron chi connectivity index (χ2n) is 4.36. The van der Waals surface area contributed by atoms with Gasteiger partial charge in [0.25, 0.3) is 0 Å². The Morgan fingerprint density at radius 3 is 2.67 bits per heavy atom. The highest BCUT2D eigenvalue weighted by Gasteiger charge is 2.12. The Labute approximate surface area is 107 Å². The second kappa shape index (κ2) is 5.58. The molecule has 0 N–H and O–H groups in total. The third-order valence-electron chi connectivity index (χ3n) is 2.56. The predicted molar refractivity (Wildman–Crippen MR) is 69.2 cm³/mol. The highest BCUT2D eigenvalue weighted by molar-refractivity contribution is 6.04. The van der Waals surface area contributed by atoms with E-state index in [1.807, 2.05) is 19.0 Å². The Morgan fingerprint density at radius 2 is 1.94 bits per heavy atom. The Bertz CT molecular complexity index is 466. The molecule has 18 heavy (non-hydrogen) atoms. The first-order valence-electron chi connectivity index (χ1n) is 5.95. The molecule has 0 aromatic heterocycles. The van der Waals surface area contributed by atoms with Crippen molar-refractivity contribution in [1.29, 1.82) is 0 Å². The number of carbonyl (C=O) groups is 1. The maximum Gasteiger partial charge on any atom is 0.187 e. The lowest BCUT2D eigenvalue weighted by atomic mass is 10.1. The van der Waals surface area contributed by atoms with Gasteiger partial charge in [0, 0.05) is 38.4 Å². The molecule has 0 spiro atoms. The molecule has 0 atom stereocenters. The Morgan fingerprint density at radius 1 is 1.22 bits per heavy atom. The third-order valence-corrected chi connectivity index (χ3v) is 2.56. The molecule has 2 rings (SSSR count). The summed E-state index contributed by atoms with van der Waals surface area (Å²) < 4.78 is 11.1. The van der Waals surface area contributed by atoms with Gasteiger partial charge in [0.15, 0.2) is 17.3 Å². The molecule has 1 aromatic rings. The van der Waals surface area contributed by atoms with Crippen LogP contribution in [0.1, 0.15) is 16.8 Å². The van der Waals surface area contributed by atoms with Crippen molar-refractivity contribution in [2.75, 3.05) is 27.3 Å². The van der Waals surface area contributed by atoms with Crippen molar-refractivity contribution in [2.24, 2.45) is 0 Å². The number of nitrogens with zero attached hydrogens (tertiary/aromatic N) is 1. The third kappa shape index (κ3) is 3.03. The zero-order valence-electron chi connectivity index (χ0n) is 10.7. The summed E-state index contributed by atoms with van der Waals surface area (Å²) in [6.07, 6.45) is 4.13. The molecule has 1 heterocycles. The van der Waals surface area contributed by atoms with Gasteiger partial charge < -0.3 is 14.4 Å². The summed E-state index contributed by atoms with van der Waals surface area (Å²) in [5.74, 6) is 1.32. The standard InChI is InChI=1S/C14H17NO3/c1-15(2)7-6-12(16)11-4-5-13-14(10-11)18-9-3-8-17-13/h4-7,10H,3,8-9H2,1-2H3/b7-6+. The lowest BCUT2D eigenvalue weighted by Crippen LogP contribution is -2.03. The Hall–Kier alpha value is -1.97. The van der Waals surface area contributed by atoms with Crippen LogP contribution in [0.3, 0.4) is 0 Å². The molecule has 4 nitrogen and oxygen atoms in total. The van der Waals surface area contributed by atoms with Crippen LogP contribution in [0.5, 0.6) is 11.5 Å². The SMILES string of the molecule is CN(C)/C=C/C(=O)c1ccc2c(c1)OCCCO2. The molecule has 0 saturated carbocycles. The van der Waals surface area contributed by atoms with E-state index >= 15 is 0 Å². The largest absolute Gasteiger partial charge is 0.490 e. The molecular weight excluding hydrogens is 230 g/mol. The first-order valence-corrected chi connectivity index (χ1v) is 5.95. The highest BCUT2D eigenvalue weighted by Crippen LogP contribution is 2.30. The minimum atomic E-state index is -0.0423. The summed E-state index contributed by atoms with van der Waals surface area (Å²) in [4.78, 5) is 13.7. The molecule has 0 radical (unpaired) electrons. The van der Waals surface area contributed by atoms with Crippen molar-refractivity contribution in [2.45, 2.75) is 6.42 Å². The van der Waals surface area contributed by atoms with Crippen molar-refractivity contribution < 1.29 is 14.3 Å². The van der Waals surface area contributed by atoms with Gasteiger partial charge in [0.05, 0.1) is 13.2 Å². The number of carbonyl (C=O) groups excluding carboxylic acids is 1. The summed E-state index contributed by atoms with van der Waals surface area (Å²) in [7, 11) is 3.75. The van der Waals surface area contributed by atoms with E-state index in [9.17, 15) is 4.79 Å². The van der Waals surface area contributed by atoms with Gasteiger partial charge in [-0.05, 0) is 18.2 Å². The van der Waals surface area contributed by atoms with Crippen LogP contribution in [0, 0.1) is 0 Å². The van der Waals surface area contributed by atoms with Gasteiger partial charge in [0.1, 0.15) is 0 Å². The lowest BCUT2D eigenvalue weighted by molar-refractivity contribution is 0.104. The van der Waals surface area contributed by atoms with Gasteiger partial charge in [-0.15, -0.1) is 0 Å². The van der Waals surface area contributed by atoms with Crippen molar-refractivity contribution in [3.05, 3.63) is 36.0 Å². The number of hydrogen-bond donors (Lipinski definition) is 0. The lowest BCUT2D eigenvalue weighted by Gasteiger charge is -2.08. The molecular formula is C14H17NO3. The number of ether oxygens (including phenoxy) is 2. The summed E-state index contributed by atoms with van der Waals surface area (Å²) in [5, 5.41) is 0. The molecule has 0 amide bonds. The van der Waals surface area contributed by atoms with Gasteiger partial charge in [-0.2, -0.15) is 0 Å². The molecule has 4 heteroatoms. The minimum Gasteiger partial charge on any atom is -0.490 e. The highest BCUT2D eigenvalue weighted by atomic mass is 16.5. The van der Waals surface area contributed by atoms with Crippen molar-refractivity contribution in [1.82, 2.24) is 4.90 Å². The molecule has 0 unspecified atom stereocenters. The molecule has 0 bridgehead atoms. The van der Waals surface area contributed by atoms with Gasteiger partial charge in [-0.25, -0.2) is 0 Å². The Kier molecular flexibility index (Phi) is 3.87. The van der Waals surface area contributed by atoms with Crippen LogP contribution in [-0.4, -0.2) is 38.0 Å². The maximum atomic E-state index is 11.9. The molecule has 96 valence electrons. The summed E-state index contributed by atoms with van der Waals surface area (Å²) in [5.41, 5.74) is 0.609. The van der Waals surface area contributed by atoms with Crippen molar-refractivity contribution in [3.63, 3.8) is 0 Å². The van der Waals surface area contributed by atoms with E-state index in [1.165, 1.54) is 0 Å². The smallest absolute Gasteiger partial charge is 0.187 e. The van der Waals surface area contributed by atoms with E-state index in [0.29, 0.717) is 30.3 Å². The quantitative estimate of drug-likeness (QED) is 0.605. The average Bonchev–Trinajstić information content (AvgIpc) is 2.60. The van der Waals surface area contributed by atoms with Gasteiger partial charge in [-0.1, -0.05) is 0 Å². The number of hydrogen-bond acceptors (Lipinski definition) is 4. The molecule has 1 aromatic carbocycles. The first-order chi connectivity index (χ1) is 8.66. The van der Waals surface area contributed by atoms with Crippen molar-refractivity contribution in [3.8, 4) is 11.5 Å². The normalized spacial score (nSPS) is 14.3. The van der Waals surface area contributed by atoms with Crippen LogP contribution in [0.15, 0.2) is 30.5 Å². The number of ketones is 1. The number of benzene rings is 1. The van der Waals surface area contributed by atoms with Crippen LogP contribution >= 0.6 is 0 Å². The minimum absolute atomic E-state index is 0.0423. The van der Waals surface area contributed by atoms with Crippen LogP contribution < -0.4 is 9.47 Å². The van der Waals surface area contributed by atoms with E-state index in [4.69, 9.17) is 9.47 Å². The average molecular weight is 247 g/mol. The maximum absolute atomic E-state index is 11.9. The first kappa shape index (κ1) is 12.5. The summed E-state index contributed by atoms with van der Waals surface area (Å²) >= 11 is 0. The van der Waals surface area contributed by atoms with E-state index < -0.39 is 0 Å². The summed E-state index contributed by atoms with van der Waals surface area (Å²) in [6.45, 7) is 1.28. The van der Waals surface area contributed by atoms with Gasteiger partial charge >= 0.3 is 0 Å². The fourth-order valence-electron chi connectivity index (χ4n) is 1.63. The fraction of sp³-hybridized carbons (Fsp3) is 0.357. The zero-order valence-corrected chi connectivity index (χ0v) is 10.7. The number of allylic oxidation sites excluding steroid dienone is 1. The topological polar surface area (TPSA) is 38.8 Å².